The lowest BCUT2D eigenvalue weighted by atomic mass is 9.81. The highest BCUT2D eigenvalue weighted by Crippen LogP contribution is 2.30. The van der Waals surface area contributed by atoms with Gasteiger partial charge in [-0.1, -0.05) is 33.8 Å². The fourth-order valence-electron chi connectivity index (χ4n) is 1.93. The summed E-state index contributed by atoms with van der Waals surface area (Å²) in [4.78, 5) is 11.6. The molecular weight excluding hydrogens is 216 g/mol. The fraction of sp³-hybridized carbons (Fsp3) is 0.786. The van der Waals surface area contributed by atoms with E-state index in [-0.39, 0.29) is 17.5 Å². The van der Waals surface area contributed by atoms with Crippen molar-refractivity contribution in [1.29, 1.82) is 0 Å². The van der Waals surface area contributed by atoms with Crippen LogP contribution in [0, 0.1) is 5.41 Å². The molecule has 0 aromatic rings. The molecule has 0 rings (SSSR count). The van der Waals surface area contributed by atoms with E-state index in [0.29, 0.717) is 25.0 Å². The quantitative estimate of drug-likeness (QED) is 0.404. The zero-order valence-corrected chi connectivity index (χ0v) is 11.6. The van der Waals surface area contributed by atoms with Gasteiger partial charge in [0, 0.05) is 5.57 Å². The molecule has 1 atom stereocenters. The molecule has 0 saturated heterocycles. The van der Waals surface area contributed by atoms with Crippen LogP contribution in [0.3, 0.4) is 0 Å². The summed E-state index contributed by atoms with van der Waals surface area (Å²) in [6.45, 7) is 12.1. The molecule has 0 aromatic carbocycles. The molecule has 0 aliphatic rings. The van der Waals surface area contributed by atoms with Crippen LogP contribution < -0.4 is 0 Å². The van der Waals surface area contributed by atoms with E-state index in [0.717, 1.165) is 12.8 Å². The Balaban J connectivity index is 4.10. The molecule has 1 N–H and O–H groups in total. The van der Waals surface area contributed by atoms with Crippen LogP contribution in [0.2, 0.25) is 0 Å². The van der Waals surface area contributed by atoms with E-state index in [2.05, 4.69) is 13.5 Å². The first-order valence-corrected chi connectivity index (χ1v) is 6.31. The summed E-state index contributed by atoms with van der Waals surface area (Å²) in [5.41, 5.74) is 0.362. The molecule has 0 saturated carbocycles. The average molecular weight is 242 g/mol. The van der Waals surface area contributed by atoms with Crippen LogP contribution in [0.5, 0.6) is 0 Å². The lowest BCUT2D eigenvalue weighted by molar-refractivity contribution is -0.139. The third kappa shape index (κ3) is 7.97. The summed E-state index contributed by atoms with van der Waals surface area (Å²) >= 11 is 0. The molecule has 0 fully saturated rings. The molecule has 0 amide bonds. The topological polar surface area (TPSA) is 46.5 Å². The summed E-state index contributed by atoms with van der Waals surface area (Å²) in [7, 11) is 0. The molecular formula is C14H26O3. The molecule has 3 nitrogen and oxygen atoms in total. The first-order valence-electron chi connectivity index (χ1n) is 6.31. The highest BCUT2D eigenvalue weighted by atomic mass is 16.5. The first-order chi connectivity index (χ1) is 7.78. The van der Waals surface area contributed by atoms with Crippen molar-refractivity contribution >= 4 is 5.97 Å². The number of aliphatic hydroxyl groups excluding tert-OH is 1. The van der Waals surface area contributed by atoms with Crippen molar-refractivity contribution in [2.24, 2.45) is 5.41 Å². The van der Waals surface area contributed by atoms with Crippen LogP contribution in [0.15, 0.2) is 12.2 Å². The van der Waals surface area contributed by atoms with Gasteiger partial charge in [-0.3, -0.25) is 0 Å². The number of hydrogen-bond acceptors (Lipinski definition) is 3. The monoisotopic (exact) mass is 242 g/mol. The van der Waals surface area contributed by atoms with Crippen molar-refractivity contribution in [2.45, 2.75) is 59.5 Å². The maximum atomic E-state index is 11.6. The first kappa shape index (κ1) is 16.2. The zero-order chi connectivity index (χ0) is 13.5. The van der Waals surface area contributed by atoms with E-state index in [4.69, 9.17) is 4.74 Å². The minimum absolute atomic E-state index is 0.130. The van der Waals surface area contributed by atoms with Crippen molar-refractivity contribution in [1.82, 2.24) is 0 Å². The minimum atomic E-state index is -0.367. The summed E-state index contributed by atoms with van der Waals surface area (Å²) in [5.74, 6) is -0.308. The van der Waals surface area contributed by atoms with Gasteiger partial charge in [-0.05, 0) is 31.6 Å². The Morgan fingerprint density at radius 1 is 1.47 bits per heavy atom. The van der Waals surface area contributed by atoms with E-state index < -0.39 is 0 Å². The Morgan fingerprint density at radius 3 is 2.53 bits per heavy atom. The van der Waals surface area contributed by atoms with Crippen LogP contribution in [0.25, 0.3) is 0 Å². The molecule has 17 heavy (non-hydrogen) atoms. The van der Waals surface area contributed by atoms with Crippen LogP contribution in [-0.2, 0) is 9.53 Å². The Kier molecular flexibility index (Phi) is 7.12. The second kappa shape index (κ2) is 7.49. The largest absolute Gasteiger partial charge is 0.462 e. The number of unbranched alkanes of at least 4 members (excludes halogenated alkanes) is 1. The second-order valence-electron chi connectivity index (χ2n) is 5.49. The number of carbonyl (C=O) groups is 1. The van der Waals surface area contributed by atoms with E-state index in [9.17, 15) is 9.90 Å². The third-order valence-electron chi connectivity index (χ3n) is 2.56. The molecule has 0 aromatic heterocycles. The van der Waals surface area contributed by atoms with E-state index in [1.165, 1.54) is 0 Å². The van der Waals surface area contributed by atoms with Gasteiger partial charge in [-0.2, -0.15) is 0 Å². The van der Waals surface area contributed by atoms with Crippen molar-refractivity contribution in [3.05, 3.63) is 12.2 Å². The van der Waals surface area contributed by atoms with Crippen LogP contribution in [-0.4, -0.2) is 23.8 Å². The predicted octanol–water partition coefficient (Wildman–Crippen LogP) is 3.07. The van der Waals surface area contributed by atoms with Crippen molar-refractivity contribution in [2.75, 3.05) is 6.61 Å². The summed E-state index contributed by atoms with van der Waals surface area (Å²) in [5, 5.41) is 9.37. The lowest BCUT2D eigenvalue weighted by Crippen LogP contribution is -2.21. The molecule has 1 unspecified atom stereocenters. The normalized spacial score (nSPS) is 13.2. The Morgan fingerprint density at radius 2 is 2.06 bits per heavy atom. The number of esters is 1. The number of aliphatic hydroxyl groups is 1. The van der Waals surface area contributed by atoms with E-state index in [1.807, 2.05) is 13.8 Å². The molecule has 0 heterocycles. The summed E-state index contributed by atoms with van der Waals surface area (Å²) in [6, 6.07) is 0. The molecule has 0 radical (unpaired) electrons. The number of carbonyl (C=O) groups excluding carboxylic acids is 1. The Bertz CT molecular complexity index is 254. The average Bonchev–Trinajstić information content (AvgIpc) is 2.14. The van der Waals surface area contributed by atoms with E-state index >= 15 is 0 Å². The summed E-state index contributed by atoms with van der Waals surface area (Å²) < 4.78 is 5.09. The van der Waals surface area contributed by atoms with Crippen LogP contribution >= 0.6 is 0 Å². The number of rotatable bonds is 8. The smallest absolute Gasteiger partial charge is 0.333 e. The van der Waals surface area contributed by atoms with Gasteiger partial charge in [-0.25, -0.2) is 4.79 Å². The van der Waals surface area contributed by atoms with Gasteiger partial charge >= 0.3 is 5.97 Å². The molecule has 0 spiro atoms. The van der Waals surface area contributed by atoms with Gasteiger partial charge in [0.1, 0.15) is 0 Å². The van der Waals surface area contributed by atoms with Gasteiger partial charge in [0.05, 0.1) is 12.7 Å². The highest BCUT2D eigenvalue weighted by molar-refractivity contribution is 5.87. The Labute approximate surface area is 105 Å². The molecule has 100 valence electrons. The maximum Gasteiger partial charge on any atom is 0.333 e. The standard InChI is InChI=1S/C14H26O3/c1-6-7-8-17-13(16)11(2)9-14(4,5)10-12(3)15/h12,15H,2,6-10H2,1,3-5H3. The molecule has 0 aliphatic carbocycles. The Hall–Kier alpha value is -0.830. The van der Waals surface area contributed by atoms with E-state index in [1.54, 1.807) is 6.92 Å². The van der Waals surface area contributed by atoms with Crippen molar-refractivity contribution in [3.8, 4) is 0 Å². The van der Waals surface area contributed by atoms with Gasteiger partial charge < -0.3 is 9.84 Å². The zero-order valence-electron chi connectivity index (χ0n) is 11.6. The predicted molar refractivity (Wildman–Crippen MR) is 69.7 cm³/mol. The SMILES string of the molecule is C=C(CC(C)(C)CC(C)O)C(=O)OCCCC. The van der Waals surface area contributed by atoms with Crippen molar-refractivity contribution < 1.29 is 14.6 Å². The molecule has 0 aliphatic heterocycles. The van der Waals surface area contributed by atoms with Gasteiger partial charge in [0.2, 0.25) is 0 Å². The van der Waals surface area contributed by atoms with Crippen LogP contribution in [0.1, 0.15) is 53.4 Å². The van der Waals surface area contributed by atoms with Gasteiger partial charge in [0.15, 0.2) is 0 Å². The fourth-order valence-corrected chi connectivity index (χ4v) is 1.93. The third-order valence-corrected chi connectivity index (χ3v) is 2.56. The minimum Gasteiger partial charge on any atom is -0.462 e. The number of ether oxygens (including phenoxy) is 1. The highest BCUT2D eigenvalue weighted by Gasteiger charge is 2.24. The van der Waals surface area contributed by atoms with Crippen LogP contribution in [0.4, 0.5) is 0 Å². The van der Waals surface area contributed by atoms with Gasteiger partial charge in [-0.15, -0.1) is 0 Å². The lowest BCUT2D eigenvalue weighted by Gasteiger charge is -2.26. The number of hydrogen-bond donors (Lipinski definition) is 1. The molecule has 0 bridgehead atoms. The summed E-state index contributed by atoms with van der Waals surface area (Å²) in [6.07, 6.45) is 2.73. The van der Waals surface area contributed by atoms with Gasteiger partial charge in [0.25, 0.3) is 0 Å². The second-order valence-corrected chi connectivity index (χ2v) is 5.49. The van der Waals surface area contributed by atoms with Crippen molar-refractivity contribution in [3.63, 3.8) is 0 Å². The molecule has 3 heteroatoms. The maximum absolute atomic E-state index is 11.6.